The van der Waals surface area contributed by atoms with Crippen LogP contribution in [0.5, 0.6) is 0 Å². The highest BCUT2D eigenvalue weighted by atomic mass is 79.9. The maximum absolute atomic E-state index is 13.4. The van der Waals surface area contributed by atoms with Crippen molar-refractivity contribution in [2.45, 2.75) is 31.2 Å². The Kier molecular flexibility index (Phi) is 5.32. The van der Waals surface area contributed by atoms with Crippen molar-refractivity contribution in [3.8, 4) is 0 Å². The summed E-state index contributed by atoms with van der Waals surface area (Å²) in [6.45, 7) is 3.96. The Hall–Kier alpha value is -2.44. The van der Waals surface area contributed by atoms with E-state index in [9.17, 15) is 8.42 Å². The summed E-state index contributed by atoms with van der Waals surface area (Å²) in [4.78, 5) is 0.249. The number of hydrogen-bond donors (Lipinski definition) is 0. The SMILES string of the molecule is Cc1ccc(C2=NN(S(=O)(=O)c3ccc(C)cc3)C(c3ccc(Br)cc3)C2)cc1. The van der Waals surface area contributed by atoms with Crippen LogP contribution in [0.15, 0.2) is 87.3 Å². The van der Waals surface area contributed by atoms with Crippen LogP contribution in [0.3, 0.4) is 0 Å². The zero-order chi connectivity index (χ0) is 20.6. The van der Waals surface area contributed by atoms with Crippen molar-refractivity contribution in [1.82, 2.24) is 4.41 Å². The minimum atomic E-state index is -3.78. The van der Waals surface area contributed by atoms with E-state index in [4.69, 9.17) is 0 Å². The molecule has 3 aromatic carbocycles. The quantitative estimate of drug-likeness (QED) is 0.499. The summed E-state index contributed by atoms with van der Waals surface area (Å²) in [7, 11) is -3.78. The fourth-order valence-electron chi connectivity index (χ4n) is 3.38. The summed E-state index contributed by atoms with van der Waals surface area (Å²) in [5.74, 6) is 0. The lowest BCUT2D eigenvalue weighted by Crippen LogP contribution is -2.27. The molecule has 0 saturated heterocycles. The number of sulfonamides is 1. The fourth-order valence-corrected chi connectivity index (χ4v) is 5.08. The van der Waals surface area contributed by atoms with Gasteiger partial charge in [-0.1, -0.05) is 75.6 Å². The number of aryl methyl sites for hydroxylation is 2. The first-order valence-electron chi connectivity index (χ1n) is 9.36. The van der Waals surface area contributed by atoms with Crippen LogP contribution >= 0.6 is 15.9 Å². The first-order chi connectivity index (χ1) is 13.8. The van der Waals surface area contributed by atoms with Crippen molar-refractivity contribution < 1.29 is 8.42 Å². The van der Waals surface area contributed by atoms with Crippen LogP contribution in [-0.2, 0) is 10.0 Å². The van der Waals surface area contributed by atoms with Gasteiger partial charge in [0.2, 0.25) is 0 Å². The van der Waals surface area contributed by atoms with Gasteiger partial charge in [0.15, 0.2) is 0 Å². The Morgan fingerprint density at radius 1 is 0.862 bits per heavy atom. The Labute approximate surface area is 180 Å². The van der Waals surface area contributed by atoms with Gasteiger partial charge in [-0.15, -0.1) is 0 Å². The molecule has 0 aromatic heterocycles. The third-order valence-electron chi connectivity index (χ3n) is 5.08. The summed E-state index contributed by atoms with van der Waals surface area (Å²) in [6, 6.07) is 22.3. The summed E-state index contributed by atoms with van der Waals surface area (Å²) in [5, 5.41) is 4.59. The number of rotatable bonds is 4. The molecule has 0 fully saturated rings. The molecule has 3 aromatic rings. The zero-order valence-corrected chi connectivity index (χ0v) is 18.6. The van der Waals surface area contributed by atoms with Gasteiger partial charge in [-0.25, -0.2) is 0 Å². The Morgan fingerprint density at radius 3 is 2.00 bits per heavy atom. The summed E-state index contributed by atoms with van der Waals surface area (Å²) in [5.41, 5.74) is 4.79. The van der Waals surface area contributed by atoms with Gasteiger partial charge in [-0.05, 0) is 49.2 Å². The maximum atomic E-state index is 13.4. The van der Waals surface area contributed by atoms with Gasteiger partial charge in [0.05, 0.1) is 16.6 Å². The average Bonchev–Trinajstić information content (AvgIpc) is 3.16. The van der Waals surface area contributed by atoms with E-state index in [2.05, 4.69) is 21.0 Å². The molecule has 1 atom stereocenters. The molecule has 0 bridgehead atoms. The molecule has 1 aliphatic heterocycles. The maximum Gasteiger partial charge on any atom is 0.279 e. The monoisotopic (exact) mass is 468 g/mol. The van der Waals surface area contributed by atoms with Crippen molar-refractivity contribution in [3.05, 3.63) is 99.5 Å². The molecule has 0 aliphatic carbocycles. The van der Waals surface area contributed by atoms with Crippen LogP contribution in [0.1, 0.15) is 34.7 Å². The average molecular weight is 469 g/mol. The van der Waals surface area contributed by atoms with Crippen molar-refractivity contribution in [2.75, 3.05) is 0 Å². The van der Waals surface area contributed by atoms with Crippen LogP contribution < -0.4 is 0 Å². The number of hydrazone groups is 1. The van der Waals surface area contributed by atoms with Gasteiger partial charge in [0, 0.05) is 10.9 Å². The summed E-state index contributed by atoms with van der Waals surface area (Å²) in [6.07, 6.45) is 0.524. The fraction of sp³-hybridized carbons (Fsp3) is 0.174. The molecule has 0 saturated carbocycles. The van der Waals surface area contributed by atoms with E-state index in [-0.39, 0.29) is 10.9 Å². The van der Waals surface area contributed by atoms with Gasteiger partial charge >= 0.3 is 0 Å². The molecular weight excluding hydrogens is 448 g/mol. The normalized spacial score (nSPS) is 16.7. The Morgan fingerprint density at radius 2 is 1.41 bits per heavy atom. The van der Waals surface area contributed by atoms with Crippen LogP contribution in [0.25, 0.3) is 0 Å². The highest BCUT2D eigenvalue weighted by Crippen LogP contribution is 2.37. The molecule has 0 N–H and O–H groups in total. The van der Waals surface area contributed by atoms with E-state index in [0.717, 1.165) is 32.4 Å². The van der Waals surface area contributed by atoms with Gasteiger partial charge in [0.25, 0.3) is 10.0 Å². The molecule has 29 heavy (non-hydrogen) atoms. The molecule has 1 unspecified atom stereocenters. The molecule has 148 valence electrons. The standard InChI is InChI=1S/C23H21BrN2O2S/c1-16-3-7-18(8-4-16)22-15-23(19-9-11-20(24)12-10-19)26(25-22)29(27,28)21-13-5-17(2)6-14-21/h3-14,23H,15H2,1-2H3. The molecule has 0 spiro atoms. The largest absolute Gasteiger partial charge is 0.279 e. The van der Waals surface area contributed by atoms with Gasteiger partial charge in [-0.3, -0.25) is 0 Å². The van der Waals surface area contributed by atoms with E-state index in [1.165, 1.54) is 4.41 Å². The van der Waals surface area contributed by atoms with Crippen LogP contribution in [-0.4, -0.2) is 18.5 Å². The van der Waals surface area contributed by atoms with E-state index in [1.54, 1.807) is 12.1 Å². The third kappa shape index (κ3) is 4.00. The molecule has 1 aliphatic rings. The van der Waals surface area contributed by atoms with E-state index < -0.39 is 10.0 Å². The minimum absolute atomic E-state index is 0.249. The molecule has 4 nitrogen and oxygen atoms in total. The number of halogens is 1. The lowest BCUT2D eigenvalue weighted by atomic mass is 9.99. The highest BCUT2D eigenvalue weighted by Gasteiger charge is 2.37. The second kappa shape index (κ2) is 7.76. The molecule has 0 radical (unpaired) electrons. The predicted molar refractivity (Wildman–Crippen MR) is 119 cm³/mol. The summed E-state index contributed by atoms with van der Waals surface area (Å²) >= 11 is 3.45. The first kappa shape index (κ1) is 19.9. The number of hydrogen-bond acceptors (Lipinski definition) is 3. The van der Waals surface area contributed by atoms with Crippen molar-refractivity contribution in [3.63, 3.8) is 0 Å². The first-order valence-corrected chi connectivity index (χ1v) is 11.6. The van der Waals surface area contributed by atoms with Crippen molar-refractivity contribution in [2.24, 2.45) is 5.10 Å². The second-order valence-electron chi connectivity index (χ2n) is 7.27. The predicted octanol–water partition coefficient (Wildman–Crippen LogP) is 5.61. The topological polar surface area (TPSA) is 49.7 Å². The summed E-state index contributed by atoms with van der Waals surface area (Å²) < 4.78 is 29.1. The third-order valence-corrected chi connectivity index (χ3v) is 7.30. The van der Waals surface area contributed by atoms with E-state index in [0.29, 0.717) is 6.42 Å². The van der Waals surface area contributed by atoms with E-state index in [1.807, 2.05) is 74.5 Å². The molecular formula is C23H21BrN2O2S. The van der Waals surface area contributed by atoms with Gasteiger partial charge in [-0.2, -0.15) is 17.9 Å². The van der Waals surface area contributed by atoms with Crippen LogP contribution in [0.4, 0.5) is 0 Å². The Bertz CT molecular complexity index is 1150. The van der Waals surface area contributed by atoms with E-state index >= 15 is 0 Å². The molecule has 6 heteroatoms. The van der Waals surface area contributed by atoms with Gasteiger partial charge < -0.3 is 0 Å². The number of nitrogens with zero attached hydrogens (tertiary/aromatic N) is 2. The zero-order valence-electron chi connectivity index (χ0n) is 16.2. The smallest absolute Gasteiger partial charge is 0.200 e. The van der Waals surface area contributed by atoms with Crippen molar-refractivity contribution >= 4 is 31.7 Å². The highest BCUT2D eigenvalue weighted by molar-refractivity contribution is 9.10. The lowest BCUT2D eigenvalue weighted by Gasteiger charge is -2.23. The second-order valence-corrected chi connectivity index (χ2v) is 9.99. The van der Waals surface area contributed by atoms with Crippen LogP contribution in [0.2, 0.25) is 0 Å². The Balaban J connectivity index is 1.79. The molecule has 0 amide bonds. The molecule has 1 heterocycles. The lowest BCUT2D eigenvalue weighted by molar-refractivity contribution is 0.371. The molecule has 4 rings (SSSR count). The van der Waals surface area contributed by atoms with Crippen molar-refractivity contribution in [1.29, 1.82) is 0 Å². The van der Waals surface area contributed by atoms with Crippen LogP contribution in [0, 0.1) is 13.8 Å². The minimum Gasteiger partial charge on any atom is -0.200 e. The number of benzene rings is 3. The van der Waals surface area contributed by atoms with Gasteiger partial charge in [0.1, 0.15) is 0 Å².